The van der Waals surface area contributed by atoms with Crippen LogP contribution in [0, 0.1) is 6.92 Å². The SMILES string of the molecule is CCN(CC)Cc1ccccc1CNC(=O)c1nn(-c2cccc(C(F)(F)F)c2)c(C)cc1=O. The predicted octanol–water partition coefficient (Wildman–Crippen LogP) is 4.33. The first-order valence-electron chi connectivity index (χ1n) is 11.0. The Kier molecular flexibility index (Phi) is 7.88. The first kappa shape index (κ1) is 25.2. The molecule has 0 aliphatic heterocycles. The maximum absolute atomic E-state index is 13.1. The van der Waals surface area contributed by atoms with E-state index < -0.39 is 23.1 Å². The fraction of sp³-hybridized carbons (Fsp3) is 0.320. The molecule has 1 heterocycles. The fourth-order valence-electron chi connectivity index (χ4n) is 3.61. The van der Waals surface area contributed by atoms with Crippen molar-refractivity contribution >= 4 is 5.91 Å². The number of alkyl halides is 3. The monoisotopic (exact) mass is 472 g/mol. The summed E-state index contributed by atoms with van der Waals surface area (Å²) in [5, 5.41) is 6.82. The van der Waals surface area contributed by atoms with Crippen molar-refractivity contribution in [2.45, 2.75) is 40.0 Å². The molecule has 0 saturated heterocycles. The number of carbonyl (C=O) groups is 1. The molecule has 6 nitrogen and oxygen atoms in total. The lowest BCUT2D eigenvalue weighted by Crippen LogP contribution is -2.32. The Balaban J connectivity index is 1.86. The lowest BCUT2D eigenvalue weighted by atomic mass is 10.1. The lowest BCUT2D eigenvalue weighted by molar-refractivity contribution is -0.137. The normalized spacial score (nSPS) is 11.6. The van der Waals surface area contributed by atoms with Crippen molar-refractivity contribution in [2.24, 2.45) is 0 Å². The van der Waals surface area contributed by atoms with Crippen molar-refractivity contribution in [3.63, 3.8) is 0 Å². The van der Waals surface area contributed by atoms with Gasteiger partial charge in [0.2, 0.25) is 5.43 Å². The van der Waals surface area contributed by atoms with Crippen LogP contribution < -0.4 is 10.7 Å². The third-order valence-electron chi connectivity index (χ3n) is 5.59. The molecule has 1 amide bonds. The summed E-state index contributed by atoms with van der Waals surface area (Å²) < 4.78 is 40.5. The molecule has 0 aliphatic carbocycles. The van der Waals surface area contributed by atoms with Crippen LogP contribution in [0.3, 0.4) is 0 Å². The van der Waals surface area contributed by atoms with Crippen molar-refractivity contribution in [1.82, 2.24) is 20.0 Å². The van der Waals surface area contributed by atoms with Gasteiger partial charge in [-0.15, -0.1) is 0 Å². The molecule has 9 heteroatoms. The summed E-state index contributed by atoms with van der Waals surface area (Å²) in [6.45, 7) is 8.39. The van der Waals surface area contributed by atoms with Crippen molar-refractivity contribution in [2.75, 3.05) is 13.1 Å². The van der Waals surface area contributed by atoms with Gasteiger partial charge in [0.05, 0.1) is 11.3 Å². The third-order valence-corrected chi connectivity index (χ3v) is 5.59. The van der Waals surface area contributed by atoms with E-state index in [1.54, 1.807) is 6.92 Å². The Bertz CT molecular complexity index is 1220. The van der Waals surface area contributed by atoms with E-state index in [0.717, 1.165) is 42.9 Å². The molecule has 0 spiro atoms. The van der Waals surface area contributed by atoms with Crippen LogP contribution in [0.15, 0.2) is 59.4 Å². The van der Waals surface area contributed by atoms with Gasteiger partial charge in [-0.2, -0.15) is 18.3 Å². The summed E-state index contributed by atoms with van der Waals surface area (Å²) in [6, 6.07) is 13.5. The summed E-state index contributed by atoms with van der Waals surface area (Å²) >= 11 is 0. The van der Waals surface area contributed by atoms with Crippen LogP contribution in [0.5, 0.6) is 0 Å². The number of hydrogen-bond acceptors (Lipinski definition) is 4. The van der Waals surface area contributed by atoms with Gasteiger partial charge in [-0.1, -0.05) is 44.2 Å². The van der Waals surface area contributed by atoms with Crippen molar-refractivity contribution in [3.8, 4) is 5.69 Å². The van der Waals surface area contributed by atoms with Crippen LogP contribution >= 0.6 is 0 Å². The number of carbonyl (C=O) groups excluding carboxylic acids is 1. The maximum Gasteiger partial charge on any atom is 0.416 e. The smallest absolute Gasteiger partial charge is 0.346 e. The van der Waals surface area contributed by atoms with Crippen LogP contribution in [0.1, 0.15) is 46.7 Å². The van der Waals surface area contributed by atoms with Gasteiger partial charge in [-0.3, -0.25) is 14.5 Å². The molecule has 3 rings (SSSR count). The van der Waals surface area contributed by atoms with Crippen LogP contribution in [-0.4, -0.2) is 33.7 Å². The van der Waals surface area contributed by atoms with Gasteiger partial charge in [0.15, 0.2) is 5.69 Å². The molecule has 3 aromatic rings. The summed E-state index contributed by atoms with van der Waals surface area (Å²) in [7, 11) is 0. The molecule has 2 aromatic carbocycles. The quantitative estimate of drug-likeness (QED) is 0.530. The number of hydrogen-bond donors (Lipinski definition) is 1. The zero-order chi connectivity index (χ0) is 24.9. The highest BCUT2D eigenvalue weighted by molar-refractivity contribution is 5.92. The molecule has 0 fully saturated rings. The predicted molar refractivity (Wildman–Crippen MR) is 124 cm³/mol. The van der Waals surface area contributed by atoms with Crippen molar-refractivity contribution in [1.29, 1.82) is 0 Å². The maximum atomic E-state index is 13.1. The number of rotatable bonds is 8. The van der Waals surface area contributed by atoms with Gasteiger partial charge < -0.3 is 5.32 Å². The molecular weight excluding hydrogens is 445 g/mol. The summed E-state index contributed by atoms with van der Waals surface area (Å²) in [4.78, 5) is 27.5. The Morgan fingerprint density at radius 3 is 2.35 bits per heavy atom. The highest BCUT2D eigenvalue weighted by Crippen LogP contribution is 2.30. The van der Waals surface area contributed by atoms with Crippen LogP contribution in [0.4, 0.5) is 13.2 Å². The van der Waals surface area contributed by atoms with E-state index in [1.165, 1.54) is 22.9 Å². The fourth-order valence-corrected chi connectivity index (χ4v) is 3.61. The zero-order valence-corrected chi connectivity index (χ0v) is 19.3. The molecular formula is C25H27F3N4O2. The zero-order valence-electron chi connectivity index (χ0n) is 19.3. The number of nitrogens with one attached hydrogen (secondary N) is 1. The minimum Gasteiger partial charge on any atom is -0.346 e. The van der Waals surface area contributed by atoms with E-state index in [9.17, 15) is 22.8 Å². The first-order chi connectivity index (χ1) is 16.1. The molecule has 0 atom stereocenters. The van der Waals surface area contributed by atoms with Crippen molar-refractivity contribution in [3.05, 3.63) is 92.9 Å². The average molecular weight is 473 g/mol. The average Bonchev–Trinajstić information content (AvgIpc) is 2.81. The molecule has 0 saturated carbocycles. The van der Waals surface area contributed by atoms with Crippen molar-refractivity contribution < 1.29 is 18.0 Å². The van der Waals surface area contributed by atoms with E-state index in [1.807, 2.05) is 24.3 Å². The molecule has 0 aliphatic rings. The summed E-state index contributed by atoms with van der Waals surface area (Å²) in [6.07, 6.45) is -4.53. The van der Waals surface area contributed by atoms with E-state index in [-0.39, 0.29) is 17.9 Å². The molecule has 0 bridgehead atoms. The molecule has 1 aromatic heterocycles. The Morgan fingerprint density at radius 1 is 1.03 bits per heavy atom. The highest BCUT2D eigenvalue weighted by Gasteiger charge is 2.30. The summed E-state index contributed by atoms with van der Waals surface area (Å²) in [5.41, 5.74) is 0.550. The number of nitrogens with zero attached hydrogens (tertiary/aromatic N) is 3. The highest BCUT2D eigenvalue weighted by atomic mass is 19.4. The second-order valence-electron chi connectivity index (χ2n) is 7.87. The van der Waals surface area contributed by atoms with E-state index in [2.05, 4.69) is 29.2 Å². The summed E-state index contributed by atoms with van der Waals surface area (Å²) in [5.74, 6) is -0.691. The number of aryl methyl sites for hydroxylation is 1. The minimum absolute atomic E-state index is 0.103. The Morgan fingerprint density at radius 2 is 1.71 bits per heavy atom. The third kappa shape index (κ3) is 5.91. The molecule has 34 heavy (non-hydrogen) atoms. The Hall–Kier alpha value is -3.46. The van der Waals surface area contributed by atoms with E-state index in [4.69, 9.17) is 0 Å². The standard InChI is InChI=1S/C25H27F3N4O2/c1-4-31(5-2)16-19-10-7-6-9-18(19)15-29-24(34)23-22(33)13-17(3)32(30-23)21-12-8-11-20(14-21)25(26,27)28/h6-14H,4-5,15-16H2,1-3H3,(H,29,34). The Labute approximate surface area is 196 Å². The number of aromatic nitrogens is 2. The number of benzene rings is 2. The first-order valence-corrected chi connectivity index (χ1v) is 11.0. The second-order valence-corrected chi connectivity index (χ2v) is 7.87. The molecule has 0 radical (unpaired) electrons. The van der Waals surface area contributed by atoms with Crippen LogP contribution in [-0.2, 0) is 19.3 Å². The molecule has 180 valence electrons. The van der Waals surface area contributed by atoms with Crippen LogP contribution in [0.2, 0.25) is 0 Å². The van der Waals surface area contributed by atoms with E-state index >= 15 is 0 Å². The molecule has 1 N–H and O–H groups in total. The number of halogens is 3. The molecule has 0 unspecified atom stereocenters. The van der Waals surface area contributed by atoms with Gasteiger partial charge in [-0.25, -0.2) is 4.68 Å². The van der Waals surface area contributed by atoms with Gasteiger partial charge in [-0.05, 0) is 49.3 Å². The van der Waals surface area contributed by atoms with Gasteiger partial charge in [0.1, 0.15) is 0 Å². The van der Waals surface area contributed by atoms with Gasteiger partial charge in [0.25, 0.3) is 5.91 Å². The largest absolute Gasteiger partial charge is 0.416 e. The van der Waals surface area contributed by atoms with Crippen LogP contribution in [0.25, 0.3) is 5.69 Å². The van der Waals surface area contributed by atoms with Gasteiger partial charge in [0, 0.05) is 24.8 Å². The van der Waals surface area contributed by atoms with Gasteiger partial charge >= 0.3 is 6.18 Å². The van der Waals surface area contributed by atoms with E-state index in [0.29, 0.717) is 5.69 Å². The minimum atomic E-state index is -4.53. The lowest BCUT2D eigenvalue weighted by Gasteiger charge is -2.20. The second kappa shape index (κ2) is 10.6. The number of amides is 1. The topological polar surface area (TPSA) is 67.2 Å².